The molecule has 0 saturated heterocycles. The smallest absolute Gasteiger partial charge is 0.226 e. The Morgan fingerprint density at radius 3 is 2.81 bits per heavy atom. The molecule has 0 aliphatic rings. The van der Waals surface area contributed by atoms with Gasteiger partial charge >= 0.3 is 0 Å². The number of hydrogen-bond acceptors (Lipinski definition) is 6. The van der Waals surface area contributed by atoms with Gasteiger partial charge in [0, 0.05) is 49.6 Å². The molecule has 3 rings (SSSR count). The lowest BCUT2D eigenvalue weighted by Gasteiger charge is -2.07. The molecule has 136 valence electrons. The van der Waals surface area contributed by atoms with E-state index in [0.717, 1.165) is 23.5 Å². The van der Waals surface area contributed by atoms with Crippen LogP contribution in [0.3, 0.4) is 0 Å². The minimum atomic E-state index is 0.0216. The first kappa shape index (κ1) is 17.8. The van der Waals surface area contributed by atoms with Crippen molar-refractivity contribution in [3.05, 3.63) is 48.1 Å². The van der Waals surface area contributed by atoms with E-state index in [1.165, 1.54) is 0 Å². The SMILES string of the molecule is Cc1ncn(CCNC(=O)CCCc2nc(-c3ccncc3)no2)c1C. The van der Waals surface area contributed by atoms with Crippen LogP contribution >= 0.6 is 0 Å². The number of carbonyl (C=O) groups excluding carboxylic acids is 1. The molecule has 0 bridgehead atoms. The summed E-state index contributed by atoms with van der Waals surface area (Å²) in [7, 11) is 0. The van der Waals surface area contributed by atoms with Crippen molar-refractivity contribution in [3.63, 3.8) is 0 Å². The van der Waals surface area contributed by atoms with Gasteiger partial charge in [0.05, 0.1) is 12.0 Å². The van der Waals surface area contributed by atoms with E-state index in [9.17, 15) is 4.79 Å². The lowest BCUT2D eigenvalue weighted by Crippen LogP contribution is -2.27. The Morgan fingerprint density at radius 2 is 2.08 bits per heavy atom. The van der Waals surface area contributed by atoms with Gasteiger partial charge in [0.1, 0.15) is 0 Å². The molecule has 8 nitrogen and oxygen atoms in total. The number of aryl methyl sites for hydroxylation is 2. The van der Waals surface area contributed by atoms with Gasteiger partial charge in [-0.3, -0.25) is 9.78 Å². The summed E-state index contributed by atoms with van der Waals surface area (Å²) in [6.45, 7) is 5.30. The summed E-state index contributed by atoms with van der Waals surface area (Å²) in [5, 5.41) is 6.88. The van der Waals surface area contributed by atoms with Crippen molar-refractivity contribution in [3.8, 4) is 11.4 Å². The van der Waals surface area contributed by atoms with Crippen LogP contribution in [0, 0.1) is 13.8 Å². The molecule has 0 fully saturated rings. The van der Waals surface area contributed by atoms with Crippen LogP contribution in [0.4, 0.5) is 0 Å². The van der Waals surface area contributed by atoms with Gasteiger partial charge in [0.2, 0.25) is 17.6 Å². The highest BCUT2D eigenvalue weighted by Gasteiger charge is 2.09. The van der Waals surface area contributed by atoms with Crippen LogP contribution in [0.2, 0.25) is 0 Å². The van der Waals surface area contributed by atoms with Crippen LogP contribution in [-0.4, -0.2) is 37.1 Å². The number of amides is 1. The van der Waals surface area contributed by atoms with E-state index in [-0.39, 0.29) is 5.91 Å². The van der Waals surface area contributed by atoms with E-state index in [2.05, 4.69) is 25.4 Å². The van der Waals surface area contributed by atoms with Gasteiger partial charge in [-0.05, 0) is 32.4 Å². The average Bonchev–Trinajstić information content (AvgIpc) is 3.25. The van der Waals surface area contributed by atoms with Gasteiger partial charge in [0.25, 0.3) is 0 Å². The zero-order valence-corrected chi connectivity index (χ0v) is 15.0. The molecule has 0 unspecified atom stereocenters. The molecule has 26 heavy (non-hydrogen) atoms. The van der Waals surface area contributed by atoms with Crippen LogP contribution in [0.5, 0.6) is 0 Å². The Balaban J connectivity index is 1.37. The second kappa shape index (κ2) is 8.37. The van der Waals surface area contributed by atoms with Crippen molar-refractivity contribution in [2.45, 2.75) is 39.7 Å². The fourth-order valence-electron chi connectivity index (χ4n) is 2.55. The molecule has 0 radical (unpaired) electrons. The summed E-state index contributed by atoms with van der Waals surface area (Å²) < 4.78 is 7.27. The summed E-state index contributed by atoms with van der Waals surface area (Å²) in [4.78, 5) is 24.5. The third kappa shape index (κ3) is 4.53. The number of imidazole rings is 1. The molecule has 1 N–H and O–H groups in total. The lowest BCUT2D eigenvalue weighted by atomic mass is 10.2. The Kier molecular flexibility index (Phi) is 5.73. The second-order valence-corrected chi connectivity index (χ2v) is 6.06. The average molecular weight is 354 g/mol. The Labute approximate surface area is 151 Å². The maximum Gasteiger partial charge on any atom is 0.226 e. The quantitative estimate of drug-likeness (QED) is 0.665. The van der Waals surface area contributed by atoms with Gasteiger partial charge in [-0.15, -0.1) is 0 Å². The van der Waals surface area contributed by atoms with E-state index in [4.69, 9.17) is 4.52 Å². The van der Waals surface area contributed by atoms with Crippen molar-refractivity contribution in [1.82, 2.24) is 30.0 Å². The number of carbonyl (C=O) groups is 1. The van der Waals surface area contributed by atoms with E-state index >= 15 is 0 Å². The highest BCUT2D eigenvalue weighted by molar-refractivity contribution is 5.75. The molecule has 0 atom stereocenters. The van der Waals surface area contributed by atoms with Crippen LogP contribution in [0.15, 0.2) is 35.4 Å². The Bertz CT molecular complexity index is 856. The Hall–Kier alpha value is -3.03. The third-order valence-electron chi connectivity index (χ3n) is 4.22. The van der Waals surface area contributed by atoms with Gasteiger partial charge in [-0.25, -0.2) is 4.98 Å². The first-order chi connectivity index (χ1) is 12.6. The Morgan fingerprint density at radius 1 is 1.27 bits per heavy atom. The van der Waals surface area contributed by atoms with Crippen molar-refractivity contribution < 1.29 is 9.32 Å². The third-order valence-corrected chi connectivity index (χ3v) is 4.22. The largest absolute Gasteiger partial charge is 0.354 e. The molecule has 0 aliphatic heterocycles. The highest BCUT2D eigenvalue weighted by Crippen LogP contribution is 2.14. The summed E-state index contributed by atoms with van der Waals surface area (Å²) >= 11 is 0. The number of rotatable bonds is 8. The van der Waals surface area contributed by atoms with Gasteiger partial charge < -0.3 is 14.4 Å². The summed E-state index contributed by atoms with van der Waals surface area (Å²) in [5.41, 5.74) is 3.00. The predicted molar refractivity (Wildman–Crippen MR) is 95.2 cm³/mol. The number of aromatic nitrogens is 5. The maximum absolute atomic E-state index is 11.9. The minimum absolute atomic E-state index is 0.0216. The van der Waals surface area contributed by atoms with Crippen LogP contribution in [-0.2, 0) is 17.8 Å². The molecular formula is C18H22N6O2. The van der Waals surface area contributed by atoms with Gasteiger partial charge in [0.15, 0.2) is 0 Å². The molecule has 3 heterocycles. The fraction of sp³-hybridized carbons (Fsp3) is 0.389. The topological polar surface area (TPSA) is 98.7 Å². The normalized spacial score (nSPS) is 10.8. The van der Waals surface area contributed by atoms with Crippen LogP contribution < -0.4 is 5.32 Å². The maximum atomic E-state index is 11.9. The van der Waals surface area contributed by atoms with E-state index in [0.29, 0.717) is 37.5 Å². The first-order valence-electron chi connectivity index (χ1n) is 8.61. The van der Waals surface area contributed by atoms with E-state index in [1.807, 2.05) is 30.5 Å². The van der Waals surface area contributed by atoms with Crippen LogP contribution in [0.1, 0.15) is 30.1 Å². The molecule has 0 aliphatic carbocycles. The molecular weight excluding hydrogens is 332 g/mol. The minimum Gasteiger partial charge on any atom is -0.354 e. The van der Waals surface area contributed by atoms with Crippen molar-refractivity contribution in [2.75, 3.05) is 6.54 Å². The first-order valence-corrected chi connectivity index (χ1v) is 8.61. The summed E-state index contributed by atoms with van der Waals surface area (Å²) in [6, 6.07) is 3.65. The predicted octanol–water partition coefficient (Wildman–Crippen LogP) is 2.08. The molecule has 0 saturated carbocycles. The molecule has 8 heteroatoms. The summed E-state index contributed by atoms with van der Waals surface area (Å²) in [5.74, 6) is 1.10. The second-order valence-electron chi connectivity index (χ2n) is 6.06. The molecule has 1 amide bonds. The van der Waals surface area contributed by atoms with E-state index < -0.39 is 0 Å². The molecule has 3 aromatic rings. The number of nitrogens with one attached hydrogen (secondary N) is 1. The highest BCUT2D eigenvalue weighted by atomic mass is 16.5. The van der Waals surface area contributed by atoms with E-state index in [1.54, 1.807) is 18.7 Å². The van der Waals surface area contributed by atoms with Crippen molar-refractivity contribution in [1.29, 1.82) is 0 Å². The van der Waals surface area contributed by atoms with Gasteiger partial charge in [-0.2, -0.15) is 4.98 Å². The number of pyridine rings is 1. The zero-order valence-electron chi connectivity index (χ0n) is 15.0. The van der Waals surface area contributed by atoms with Crippen LogP contribution in [0.25, 0.3) is 11.4 Å². The van der Waals surface area contributed by atoms with Crippen molar-refractivity contribution >= 4 is 5.91 Å². The molecule has 0 aromatic carbocycles. The molecule has 3 aromatic heterocycles. The summed E-state index contributed by atoms with van der Waals surface area (Å²) in [6.07, 6.45) is 6.82. The van der Waals surface area contributed by atoms with Gasteiger partial charge in [-0.1, -0.05) is 5.16 Å². The monoisotopic (exact) mass is 354 g/mol. The number of nitrogens with zero attached hydrogens (tertiary/aromatic N) is 5. The molecule has 0 spiro atoms. The zero-order chi connectivity index (χ0) is 18.4. The number of hydrogen-bond donors (Lipinski definition) is 1. The van der Waals surface area contributed by atoms with Crippen molar-refractivity contribution in [2.24, 2.45) is 0 Å². The fourth-order valence-corrected chi connectivity index (χ4v) is 2.55. The lowest BCUT2D eigenvalue weighted by molar-refractivity contribution is -0.121. The standard InChI is InChI=1S/C18H22N6O2/c1-13-14(2)24(12-21-13)11-10-20-16(25)4-3-5-17-22-18(23-26-17)15-6-8-19-9-7-15/h6-9,12H,3-5,10-11H2,1-2H3,(H,20,25).